The van der Waals surface area contributed by atoms with Crippen LogP contribution in [0.25, 0.3) is 11.0 Å². The third-order valence-electron chi connectivity index (χ3n) is 2.38. The van der Waals surface area contributed by atoms with Crippen molar-refractivity contribution < 1.29 is 19.3 Å². The van der Waals surface area contributed by atoms with Crippen LogP contribution in [0, 0.1) is 10.1 Å². The van der Waals surface area contributed by atoms with Gasteiger partial charge in [-0.3, -0.25) is 14.9 Å². The van der Waals surface area contributed by atoms with Gasteiger partial charge in [-0.05, 0) is 0 Å². The molecule has 2 rings (SSSR count). The zero-order chi connectivity index (χ0) is 14.0. The van der Waals surface area contributed by atoms with Crippen LogP contribution < -0.4 is 11.1 Å². The summed E-state index contributed by atoms with van der Waals surface area (Å²) in [4.78, 5) is 24.5. The van der Waals surface area contributed by atoms with Crippen LogP contribution in [0.1, 0.15) is 0 Å². The molecular weight excluding hydrogens is 258 g/mol. The molecule has 10 heteroatoms. The summed E-state index contributed by atoms with van der Waals surface area (Å²) in [5.41, 5.74) is 4.97. The number of hydrogen-bond donors (Lipinski definition) is 3. The van der Waals surface area contributed by atoms with E-state index in [1.165, 1.54) is 6.20 Å². The van der Waals surface area contributed by atoms with Gasteiger partial charge in [-0.1, -0.05) is 5.16 Å². The molecule has 0 aliphatic rings. The Morgan fingerprint density at radius 2 is 2.37 bits per heavy atom. The van der Waals surface area contributed by atoms with Crippen molar-refractivity contribution in [3.63, 3.8) is 0 Å². The Labute approximate surface area is 105 Å². The summed E-state index contributed by atoms with van der Waals surface area (Å²) in [5, 5.41) is 25.8. The Kier molecular flexibility index (Phi) is 3.25. The highest BCUT2D eigenvalue weighted by Crippen LogP contribution is 2.28. The Balaban J connectivity index is 2.30. The molecule has 0 aromatic carbocycles. The number of aromatic nitrogens is 2. The second-order valence-corrected chi connectivity index (χ2v) is 3.64. The highest BCUT2D eigenvalue weighted by molar-refractivity contribution is 5.93. The molecule has 1 atom stereocenters. The van der Waals surface area contributed by atoms with Crippen LogP contribution in [0.4, 0.5) is 11.5 Å². The number of carboxylic acid groups (broad SMARTS) is 1. The first-order valence-corrected chi connectivity index (χ1v) is 5.10. The number of carbonyl (C=O) groups is 1. The van der Waals surface area contributed by atoms with Crippen molar-refractivity contribution in [3.05, 3.63) is 22.5 Å². The quantitative estimate of drug-likeness (QED) is 0.498. The minimum Gasteiger partial charge on any atom is -0.480 e. The summed E-state index contributed by atoms with van der Waals surface area (Å²) in [6, 6.07) is -1.12. The number of pyridine rings is 1. The van der Waals surface area contributed by atoms with Gasteiger partial charge in [-0.15, -0.1) is 0 Å². The third-order valence-corrected chi connectivity index (χ3v) is 2.38. The number of nitro groups is 1. The zero-order valence-corrected chi connectivity index (χ0v) is 9.44. The predicted octanol–water partition coefficient (Wildman–Crippen LogP) is -0.0452. The van der Waals surface area contributed by atoms with Crippen molar-refractivity contribution in [3.8, 4) is 0 Å². The second-order valence-electron chi connectivity index (χ2n) is 3.64. The first-order chi connectivity index (χ1) is 9.00. The Morgan fingerprint density at radius 1 is 1.63 bits per heavy atom. The van der Waals surface area contributed by atoms with Crippen molar-refractivity contribution in [2.75, 3.05) is 11.9 Å². The molecule has 100 valence electrons. The van der Waals surface area contributed by atoms with Gasteiger partial charge in [0.1, 0.15) is 18.1 Å². The molecular formula is C9H9N5O5. The lowest BCUT2D eigenvalue weighted by Crippen LogP contribution is -2.37. The van der Waals surface area contributed by atoms with E-state index in [9.17, 15) is 14.9 Å². The maximum absolute atomic E-state index is 10.7. The number of hydrogen-bond acceptors (Lipinski definition) is 8. The van der Waals surface area contributed by atoms with Crippen LogP contribution >= 0.6 is 0 Å². The summed E-state index contributed by atoms with van der Waals surface area (Å²) < 4.78 is 4.79. The first-order valence-electron chi connectivity index (χ1n) is 5.10. The van der Waals surface area contributed by atoms with E-state index in [0.717, 1.165) is 6.20 Å². The summed E-state index contributed by atoms with van der Waals surface area (Å²) in [5.74, 6) is -0.950. The van der Waals surface area contributed by atoms with Gasteiger partial charge in [0, 0.05) is 6.54 Å². The number of rotatable bonds is 5. The van der Waals surface area contributed by atoms with E-state index in [2.05, 4.69) is 15.5 Å². The zero-order valence-electron chi connectivity index (χ0n) is 9.44. The van der Waals surface area contributed by atoms with Gasteiger partial charge in [-0.25, -0.2) is 4.98 Å². The normalized spacial score (nSPS) is 12.3. The molecule has 1 unspecified atom stereocenters. The van der Waals surface area contributed by atoms with Crippen LogP contribution in [0.3, 0.4) is 0 Å². The minimum atomic E-state index is -1.17. The average Bonchev–Trinajstić information content (AvgIpc) is 2.83. The van der Waals surface area contributed by atoms with Gasteiger partial charge in [0.15, 0.2) is 0 Å². The van der Waals surface area contributed by atoms with Gasteiger partial charge in [-0.2, -0.15) is 0 Å². The van der Waals surface area contributed by atoms with Gasteiger partial charge in [0.05, 0.1) is 16.5 Å². The highest BCUT2D eigenvalue weighted by Gasteiger charge is 2.20. The Bertz CT molecular complexity index is 639. The molecule has 10 nitrogen and oxygen atoms in total. The van der Waals surface area contributed by atoms with Crippen molar-refractivity contribution >= 4 is 28.4 Å². The maximum atomic E-state index is 10.7. The van der Waals surface area contributed by atoms with E-state index < -0.39 is 16.9 Å². The van der Waals surface area contributed by atoms with E-state index in [1.54, 1.807) is 0 Å². The van der Waals surface area contributed by atoms with E-state index in [0.29, 0.717) is 0 Å². The lowest BCUT2D eigenvalue weighted by Gasteiger charge is -2.08. The van der Waals surface area contributed by atoms with Gasteiger partial charge >= 0.3 is 11.7 Å². The minimum absolute atomic E-state index is 0.0357. The largest absolute Gasteiger partial charge is 0.480 e. The number of nitrogens with two attached hydrogens (primary N) is 1. The predicted molar refractivity (Wildman–Crippen MR) is 62.6 cm³/mol. The Morgan fingerprint density at radius 3 is 3.00 bits per heavy atom. The second kappa shape index (κ2) is 4.86. The van der Waals surface area contributed by atoms with E-state index in [-0.39, 0.29) is 29.0 Å². The molecule has 0 bridgehead atoms. The molecule has 19 heavy (non-hydrogen) atoms. The SMILES string of the molecule is NC(CNc1ncc([N+](=O)[O-])c2oncc12)C(=O)O. The molecule has 2 heterocycles. The molecule has 0 spiro atoms. The maximum Gasteiger partial charge on any atom is 0.333 e. The number of nitrogens with zero attached hydrogens (tertiary/aromatic N) is 3. The summed E-state index contributed by atoms with van der Waals surface area (Å²) in [7, 11) is 0. The third kappa shape index (κ3) is 2.42. The highest BCUT2D eigenvalue weighted by atomic mass is 16.6. The monoisotopic (exact) mass is 267 g/mol. The van der Waals surface area contributed by atoms with Crippen LogP contribution in [0.5, 0.6) is 0 Å². The molecule has 2 aromatic heterocycles. The number of fused-ring (bicyclic) bond motifs is 1. The number of nitrogens with one attached hydrogen (secondary N) is 1. The van der Waals surface area contributed by atoms with Crippen LogP contribution in [0.2, 0.25) is 0 Å². The average molecular weight is 267 g/mol. The van der Waals surface area contributed by atoms with E-state index in [4.69, 9.17) is 15.4 Å². The standard InChI is InChI=1S/C9H9N5O5/c10-5(9(15)16)2-11-8-4-1-13-19-7(4)6(3-12-8)14(17)18/h1,3,5H,2,10H2,(H,11,12)(H,15,16). The smallest absolute Gasteiger partial charge is 0.333 e. The topological polar surface area (TPSA) is 157 Å². The molecule has 0 saturated heterocycles. The van der Waals surface area contributed by atoms with Crippen molar-refractivity contribution in [1.82, 2.24) is 10.1 Å². The fourth-order valence-electron chi connectivity index (χ4n) is 1.41. The van der Waals surface area contributed by atoms with Crippen molar-refractivity contribution in [1.29, 1.82) is 0 Å². The molecule has 0 radical (unpaired) electrons. The van der Waals surface area contributed by atoms with E-state index >= 15 is 0 Å². The molecule has 0 aliphatic heterocycles. The summed E-state index contributed by atoms with van der Waals surface area (Å²) >= 11 is 0. The molecule has 4 N–H and O–H groups in total. The lowest BCUT2D eigenvalue weighted by molar-refractivity contribution is -0.384. The summed E-state index contributed by atoms with van der Waals surface area (Å²) in [6.45, 7) is -0.0829. The van der Waals surface area contributed by atoms with Crippen molar-refractivity contribution in [2.45, 2.75) is 6.04 Å². The van der Waals surface area contributed by atoms with E-state index in [1.807, 2.05) is 0 Å². The first kappa shape index (κ1) is 12.7. The van der Waals surface area contributed by atoms with Crippen LogP contribution in [-0.4, -0.2) is 38.7 Å². The fourth-order valence-corrected chi connectivity index (χ4v) is 1.41. The fraction of sp³-hybridized carbons (Fsp3) is 0.222. The van der Waals surface area contributed by atoms with Crippen LogP contribution in [0.15, 0.2) is 16.9 Å². The number of aliphatic carboxylic acids is 1. The summed E-state index contributed by atoms with van der Waals surface area (Å²) in [6.07, 6.45) is 2.26. The van der Waals surface area contributed by atoms with Gasteiger partial charge < -0.3 is 20.7 Å². The molecule has 2 aromatic rings. The van der Waals surface area contributed by atoms with Crippen molar-refractivity contribution in [2.24, 2.45) is 5.73 Å². The lowest BCUT2D eigenvalue weighted by atomic mass is 10.2. The Hall–Kier alpha value is -2.75. The van der Waals surface area contributed by atoms with Crippen LogP contribution in [-0.2, 0) is 4.79 Å². The van der Waals surface area contributed by atoms with Gasteiger partial charge in [0.2, 0.25) is 5.58 Å². The van der Waals surface area contributed by atoms with Gasteiger partial charge in [0.25, 0.3) is 0 Å². The molecule has 0 amide bonds. The number of anilines is 1. The number of carboxylic acids is 1. The molecule has 0 aliphatic carbocycles. The molecule has 0 fully saturated rings. The molecule has 0 saturated carbocycles.